The van der Waals surface area contributed by atoms with Crippen LogP contribution >= 0.6 is 0 Å². The van der Waals surface area contributed by atoms with Crippen molar-refractivity contribution in [1.82, 2.24) is 5.32 Å². The third-order valence-corrected chi connectivity index (χ3v) is 3.66. The lowest BCUT2D eigenvalue weighted by molar-refractivity contribution is -0.117. The fourth-order valence-corrected chi connectivity index (χ4v) is 2.34. The Morgan fingerprint density at radius 3 is 2.56 bits per heavy atom. The maximum absolute atomic E-state index is 12.4. The van der Waals surface area contributed by atoms with E-state index < -0.39 is 5.91 Å². The number of hydrogen-bond donors (Lipinski definition) is 4. The van der Waals surface area contributed by atoms with E-state index in [4.69, 9.17) is 0 Å². The molecule has 6 heteroatoms. The van der Waals surface area contributed by atoms with Crippen LogP contribution in [0.5, 0.6) is 17.2 Å². The molecular weight excluding hydrogens is 320 g/mol. The van der Waals surface area contributed by atoms with Gasteiger partial charge in [-0.1, -0.05) is 25.1 Å². The van der Waals surface area contributed by atoms with Gasteiger partial charge in [-0.05, 0) is 47.9 Å². The Morgan fingerprint density at radius 2 is 1.96 bits per heavy atom. The first-order valence-corrected chi connectivity index (χ1v) is 7.68. The second-order valence-electron chi connectivity index (χ2n) is 5.45. The summed E-state index contributed by atoms with van der Waals surface area (Å²) in [5, 5.41) is 40.4. The van der Waals surface area contributed by atoms with Crippen molar-refractivity contribution in [3.63, 3.8) is 0 Å². The number of nitrogens with zero attached hydrogens (tertiary/aromatic N) is 1. The van der Waals surface area contributed by atoms with Gasteiger partial charge in [-0.3, -0.25) is 4.79 Å². The molecule has 0 saturated carbocycles. The monoisotopic (exact) mass is 338 g/mol. The first-order chi connectivity index (χ1) is 11.9. The van der Waals surface area contributed by atoms with Gasteiger partial charge in [-0.2, -0.15) is 5.26 Å². The van der Waals surface area contributed by atoms with Crippen LogP contribution < -0.4 is 5.32 Å². The molecule has 0 spiro atoms. The minimum Gasteiger partial charge on any atom is -0.508 e. The second kappa shape index (κ2) is 7.88. The van der Waals surface area contributed by atoms with E-state index in [1.807, 2.05) is 13.0 Å². The van der Waals surface area contributed by atoms with Crippen molar-refractivity contribution in [2.75, 3.05) is 0 Å². The van der Waals surface area contributed by atoms with Crippen LogP contribution in [0.15, 0.2) is 48.0 Å². The van der Waals surface area contributed by atoms with Crippen LogP contribution in [0.1, 0.15) is 30.5 Å². The summed E-state index contributed by atoms with van der Waals surface area (Å²) in [5.41, 5.74) is 1.01. The normalized spacial score (nSPS) is 12.2. The van der Waals surface area contributed by atoms with Gasteiger partial charge in [-0.25, -0.2) is 0 Å². The maximum Gasteiger partial charge on any atom is 0.262 e. The Balaban J connectivity index is 2.22. The first-order valence-electron chi connectivity index (χ1n) is 7.68. The molecule has 4 N–H and O–H groups in total. The van der Waals surface area contributed by atoms with E-state index in [0.29, 0.717) is 12.0 Å². The number of aromatic hydroxyl groups is 3. The Kier molecular flexibility index (Phi) is 5.64. The highest BCUT2D eigenvalue weighted by molar-refractivity contribution is 6.01. The Bertz CT molecular complexity index is 853. The van der Waals surface area contributed by atoms with E-state index in [1.165, 1.54) is 30.3 Å². The van der Waals surface area contributed by atoms with Crippen molar-refractivity contribution in [1.29, 1.82) is 5.26 Å². The molecular formula is C19H18N2O4. The smallest absolute Gasteiger partial charge is 0.262 e. The molecule has 128 valence electrons. The number of nitrogens with one attached hydrogen (secondary N) is 1. The maximum atomic E-state index is 12.4. The van der Waals surface area contributed by atoms with Crippen molar-refractivity contribution in [3.05, 3.63) is 59.2 Å². The lowest BCUT2D eigenvalue weighted by Gasteiger charge is -2.17. The molecule has 0 saturated heterocycles. The van der Waals surface area contributed by atoms with Gasteiger partial charge in [0.1, 0.15) is 17.4 Å². The number of phenols is 3. The highest BCUT2D eigenvalue weighted by Gasteiger charge is 2.16. The van der Waals surface area contributed by atoms with Gasteiger partial charge < -0.3 is 20.6 Å². The van der Waals surface area contributed by atoms with E-state index in [0.717, 1.165) is 5.56 Å². The molecule has 0 aliphatic rings. The van der Waals surface area contributed by atoms with Crippen molar-refractivity contribution in [3.8, 4) is 23.3 Å². The largest absolute Gasteiger partial charge is 0.508 e. The third kappa shape index (κ3) is 4.52. The summed E-state index contributed by atoms with van der Waals surface area (Å²) in [4.78, 5) is 12.4. The first kappa shape index (κ1) is 17.9. The predicted molar refractivity (Wildman–Crippen MR) is 92.6 cm³/mol. The molecule has 0 heterocycles. The molecule has 0 radical (unpaired) electrons. The number of nitriles is 1. The summed E-state index contributed by atoms with van der Waals surface area (Å²) >= 11 is 0. The van der Waals surface area contributed by atoms with Crippen LogP contribution in [0.4, 0.5) is 0 Å². The topological polar surface area (TPSA) is 114 Å². The molecule has 0 fully saturated rings. The predicted octanol–water partition coefficient (Wildman–Crippen LogP) is 2.98. The van der Waals surface area contributed by atoms with Crippen LogP contribution in [-0.2, 0) is 4.79 Å². The zero-order valence-corrected chi connectivity index (χ0v) is 13.6. The van der Waals surface area contributed by atoms with E-state index in [2.05, 4.69) is 5.32 Å². The van der Waals surface area contributed by atoms with E-state index >= 15 is 0 Å². The molecule has 1 atom stereocenters. The van der Waals surface area contributed by atoms with E-state index in [1.54, 1.807) is 18.2 Å². The van der Waals surface area contributed by atoms with Crippen LogP contribution in [0.3, 0.4) is 0 Å². The quantitative estimate of drug-likeness (QED) is 0.380. The van der Waals surface area contributed by atoms with E-state index in [-0.39, 0.29) is 28.9 Å². The van der Waals surface area contributed by atoms with Crippen molar-refractivity contribution < 1.29 is 20.1 Å². The minimum atomic E-state index is -0.565. The SMILES string of the molecule is CCC(NC(=O)C(C#N)=Cc1ccc(O)c(O)c1)c1cccc(O)c1. The van der Waals surface area contributed by atoms with Gasteiger partial charge in [0.25, 0.3) is 5.91 Å². The van der Waals surface area contributed by atoms with Crippen molar-refractivity contribution in [2.24, 2.45) is 0 Å². The number of amides is 1. The van der Waals surface area contributed by atoms with Gasteiger partial charge in [0.05, 0.1) is 6.04 Å². The molecule has 1 unspecified atom stereocenters. The summed E-state index contributed by atoms with van der Waals surface area (Å²) in [5.74, 6) is -1.08. The number of phenolic OH excluding ortho intramolecular Hbond substituents is 3. The third-order valence-electron chi connectivity index (χ3n) is 3.66. The highest BCUT2D eigenvalue weighted by Crippen LogP contribution is 2.26. The van der Waals surface area contributed by atoms with Crippen LogP contribution in [0.2, 0.25) is 0 Å². The molecule has 0 aliphatic carbocycles. The van der Waals surface area contributed by atoms with Crippen LogP contribution in [-0.4, -0.2) is 21.2 Å². The fraction of sp³-hybridized carbons (Fsp3) is 0.158. The zero-order chi connectivity index (χ0) is 18.4. The molecule has 25 heavy (non-hydrogen) atoms. The number of hydrogen-bond acceptors (Lipinski definition) is 5. The molecule has 0 aliphatic heterocycles. The summed E-state index contributed by atoms with van der Waals surface area (Å²) in [6, 6.07) is 12.0. The zero-order valence-electron chi connectivity index (χ0n) is 13.6. The molecule has 6 nitrogen and oxygen atoms in total. The highest BCUT2D eigenvalue weighted by atomic mass is 16.3. The van der Waals surface area contributed by atoms with Gasteiger partial charge in [0.15, 0.2) is 11.5 Å². The van der Waals surface area contributed by atoms with Gasteiger partial charge in [0, 0.05) is 0 Å². The molecule has 1 amide bonds. The number of carbonyl (C=O) groups is 1. The lowest BCUT2D eigenvalue weighted by atomic mass is 10.0. The molecule has 0 bridgehead atoms. The molecule has 2 aromatic carbocycles. The lowest BCUT2D eigenvalue weighted by Crippen LogP contribution is -2.29. The Labute approximate surface area is 145 Å². The Hall–Kier alpha value is -3.46. The summed E-state index contributed by atoms with van der Waals surface area (Å²) in [6.45, 7) is 1.88. The Morgan fingerprint density at radius 1 is 1.20 bits per heavy atom. The molecule has 0 aromatic heterocycles. The van der Waals surface area contributed by atoms with Crippen LogP contribution in [0.25, 0.3) is 6.08 Å². The van der Waals surface area contributed by atoms with Gasteiger partial charge >= 0.3 is 0 Å². The second-order valence-corrected chi connectivity index (χ2v) is 5.45. The standard InChI is InChI=1S/C19H18N2O4/c1-2-16(13-4-3-5-15(22)10-13)21-19(25)14(11-20)8-12-6-7-17(23)18(24)9-12/h3-10,16,22-24H,2H2,1H3,(H,21,25). The minimum absolute atomic E-state index is 0.0980. The number of carbonyl (C=O) groups excluding carboxylic acids is 1. The van der Waals surface area contributed by atoms with Crippen LogP contribution in [0, 0.1) is 11.3 Å². The van der Waals surface area contributed by atoms with Crippen molar-refractivity contribution in [2.45, 2.75) is 19.4 Å². The summed E-state index contributed by atoms with van der Waals surface area (Å²) in [6.07, 6.45) is 1.90. The molecule has 2 rings (SSSR count). The van der Waals surface area contributed by atoms with Crippen molar-refractivity contribution >= 4 is 12.0 Å². The average Bonchev–Trinajstić information content (AvgIpc) is 2.60. The van der Waals surface area contributed by atoms with E-state index in [9.17, 15) is 25.4 Å². The summed E-state index contributed by atoms with van der Waals surface area (Å²) in [7, 11) is 0. The summed E-state index contributed by atoms with van der Waals surface area (Å²) < 4.78 is 0. The van der Waals surface area contributed by atoms with Gasteiger partial charge in [-0.15, -0.1) is 0 Å². The van der Waals surface area contributed by atoms with Gasteiger partial charge in [0.2, 0.25) is 0 Å². The number of benzene rings is 2. The average molecular weight is 338 g/mol. The fourth-order valence-electron chi connectivity index (χ4n) is 2.34. The number of rotatable bonds is 5. The molecule has 2 aromatic rings.